The molecule has 1 heterocycles. The van der Waals surface area contributed by atoms with Gasteiger partial charge in [0.1, 0.15) is 0 Å². The zero-order valence-electron chi connectivity index (χ0n) is 17.0. The van der Waals surface area contributed by atoms with Gasteiger partial charge in [-0.2, -0.15) is 0 Å². The second kappa shape index (κ2) is 10.0. The van der Waals surface area contributed by atoms with Crippen LogP contribution in [0.4, 0.5) is 10.5 Å². The lowest BCUT2D eigenvalue weighted by Crippen LogP contribution is -2.35. The van der Waals surface area contributed by atoms with Gasteiger partial charge in [0, 0.05) is 44.5 Å². The average molecular weight is 396 g/mol. The molecule has 29 heavy (non-hydrogen) atoms. The molecule has 0 spiro atoms. The van der Waals surface area contributed by atoms with Crippen LogP contribution >= 0.6 is 0 Å². The Hall–Kier alpha value is -2.90. The summed E-state index contributed by atoms with van der Waals surface area (Å²) >= 11 is 0. The van der Waals surface area contributed by atoms with Crippen LogP contribution in [-0.2, 0) is 17.8 Å². The smallest absolute Gasteiger partial charge is 0.319 e. The van der Waals surface area contributed by atoms with E-state index < -0.39 is 0 Å². The number of morpholine rings is 1. The molecule has 1 aliphatic rings. The molecule has 3 amide bonds. The van der Waals surface area contributed by atoms with Gasteiger partial charge in [0.2, 0.25) is 0 Å². The van der Waals surface area contributed by atoms with Crippen LogP contribution in [0.25, 0.3) is 0 Å². The minimum atomic E-state index is -0.305. The van der Waals surface area contributed by atoms with Gasteiger partial charge in [-0.3, -0.25) is 9.69 Å². The van der Waals surface area contributed by atoms with Gasteiger partial charge in [-0.05, 0) is 35.7 Å². The molecule has 1 fully saturated rings. The summed E-state index contributed by atoms with van der Waals surface area (Å²) in [5.74, 6) is -0.177. The maximum absolute atomic E-state index is 12.3. The molecule has 3 N–H and O–H groups in total. The highest BCUT2D eigenvalue weighted by Gasteiger charge is 2.13. The molecule has 0 bridgehead atoms. The van der Waals surface area contributed by atoms with Crippen molar-refractivity contribution in [1.29, 1.82) is 0 Å². The Bertz CT molecular complexity index is 863. The van der Waals surface area contributed by atoms with Crippen LogP contribution in [0.1, 0.15) is 27.0 Å². The second-order valence-electron chi connectivity index (χ2n) is 7.07. The first-order valence-electron chi connectivity index (χ1n) is 9.81. The molecule has 0 aliphatic carbocycles. The number of nitrogens with one attached hydrogen (secondary N) is 3. The zero-order valence-corrected chi connectivity index (χ0v) is 17.0. The van der Waals surface area contributed by atoms with Crippen LogP contribution < -0.4 is 16.0 Å². The van der Waals surface area contributed by atoms with Crippen LogP contribution in [0.3, 0.4) is 0 Å². The molecule has 7 heteroatoms. The summed E-state index contributed by atoms with van der Waals surface area (Å²) < 4.78 is 5.39. The Balaban J connectivity index is 1.56. The third kappa shape index (κ3) is 5.79. The van der Waals surface area contributed by atoms with Crippen LogP contribution in [0.2, 0.25) is 0 Å². The maximum Gasteiger partial charge on any atom is 0.319 e. The summed E-state index contributed by atoms with van der Waals surface area (Å²) in [7, 11) is 1.59. The molecule has 2 aromatic rings. The summed E-state index contributed by atoms with van der Waals surface area (Å²) in [5.41, 5.74) is 4.16. The van der Waals surface area contributed by atoms with Gasteiger partial charge in [0.25, 0.3) is 5.91 Å². The fraction of sp³-hybridized carbons (Fsp3) is 0.364. The molecular formula is C22H28N4O3. The van der Waals surface area contributed by atoms with Crippen LogP contribution in [-0.4, -0.2) is 50.2 Å². The molecule has 0 radical (unpaired) electrons. The van der Waals surface area contributed by atoms with Crippen molar-refractivity contribution >= 4 is 17.6 Å². The second-order valence-corrected chi connectivity index (χ2v) is 7.07. The third-order valence-electron chi connectivity index (χ3n) is 5.01. The summed E-state index contributed by atoms with van der Waals surface area (Å²) in [4.78, 5) is 26.6. The standard InChI is InChI=1S/C22H28N4O3/c1-16-19(21(27)23-2)7-4-8-20(16)25-22(28)24-14-17-5-3-6-18(13-17)15-26-9-11-29-12-10-26/h3-8,13H,9-12,14-15H2,1-2H3,(H,23,27)(H2,24,25,28). The highest BCUT2D eigenvalue weighted by atomic mass is 16.5. The van der Waals surface area contributed by atoms with Gasteiger partial charge in [-0.25, -0.2) is 4.79 Å². The number of amides is 3. The van der Waals surface area contributed by atoms with E-state index >= 15 is 0 Å². The van der Waals surface area contributed by atoms with E-state index in [9.17, 15) is 9.59 Å². The van der Waals surface area contributed by atoms with Crippen LogP contribution in [0.5, 0.6) is 0 Å². The van der Waals surface area contributed by atoms with E-state index in [0.29, 0.717) is 17.8 Å². The number of carbonyl (C=O) groups is 2. The summed E-state index contributed by atoms with van der Waals surface area (Å²) in [5, 5.41) is 8.32. The SMILES string of the molecule is CNC(=O)c1cccc(NC(=O)NCc2cccc(CN3CCOCC3)c2)c1C. The largest absolute Gasteiger partial charge is 0.379 e. The summed E-state index contributed by atoms with van der Waals surface area (Å²) in [6, 6.07) is 13.2. The van der Waals surface area contributed by atoms with E-state index in [1.165, 1.54) is 5.56 Å². The predicted molar refractivity (Wildman–Crippen MR) is 113 cm³/mol. The van der Waals surface area contributed by atoms with E-state index in [0.717, 1.165) is 44.0 Å². The number of urea groups is 1. The quantitative estimate of drug-likeness (QED) is 0.701. The van der Waals surface area contributed by atoms with Gasteiger partial charge in [-0.15, -0.1) is 0 Å². The van der Waals surface area contributed by atoms with Crippen molar-refractivity contribution in [3.05, 3.63) is 64.7 Å². The highest BCUT2D eigenvalue weighted by Crippen LogP contribution is 2.19. The Labute approximate surface area is 171 Å². The number of rotatable bonds is 6. The molecule has 154 valence electrons. The van der Waals surface area contributed by atoms with Crippen molar-refractivity contribution in [2.75, 3.05) is 38.7 Å². The molecule has 0 atom stereocenters. The Morgan fingerprint density at radius 1 is 1.07 bits per heavy atom. The molecule has 0 unspecified atom stereocenters. The van der Waals surface area contributed by atoms with E-state index in [-0.39, 0.29) is 11.9 Å². The van der Waals surface area contributed by atoms with Gasteiger partial charge >= 0.3 is 6.03 Å². The Morgan fingerprint density at radius 3 is 2.55 bits per heavy atom. The van der Waals surface area contributed by atoms with Gasteiger partial charge < -0.3 is 20.7 Å². The molecular weight excluding hydrogens is 368 g/mol. The maximum atomic E-state index is 12.3. The van der Waals surface area contributed by atoms with Crippen molar-refractivity contribution in [3.63, 3.8) is 0 Å². The fourth-order valence-corrected chi connectivity index (χ4v) is 3.36. The number of hydrogen-bond acceptors (Lipinski definition) is 4. The first-order chi connectivity index (χ1) is 14.1. The van der Waals surface area contributed by atoms with E-state index in [4.69, 9.17) is 4.74 Å². The van der Waals surface area contributed by atoms with E-state index in [1.54, 1.807) is 25.2 Å². The van der Waals surface area contributed by atoms with Gasteiger partial charge in [-0.1, -0.05) is 30.3 Å². The molecule has 0 aromatic heterocycles. The van der Waals surface area contributed by atoms with E-state index in [1.807, 2.05) is 19.1 Å². The molecule has 2 aromatic carbocycles. The Morgan fingerprint density at radius 2 is 1.79 bits per heavy atom. The van der Waals surface area contributed by atoms with E-state index in [2.05, 4.69) is 33.0 Å². The monoisotopic (exact) mass is 396 g/mol. The minimum Gasteiger partial charge on any atom is -0.379 e. The van der Waals surface area contributed by atoms with Crippen molar-refractivity contribution < 1.29 is 14.3 Å². The molecule has 1 saturated heterocycles. The Kier molecular flexibility index (Phi) is 7.21. The van der Waals surface area contributed by atoms with Crippen molar-refractivity contribution in [2.24, 2.45) is 0 Å². The molecule has 7 nitrogen and oxygen atoms in total. The van der Waals surface area contributed by atoms with Gasteiger partial charge in [0.15, 0.2) is 0 Å². The highest BCUT2D eigenvalue weighted by molar-refractivity contribution is 5.98. The van der Waals surface area contributed by atoms with Gasteiger partial charge in [0.05, 0.1) is 13.2 Å². The fourth-order valence-electron chi connectivity index (χ4n) is 3.36. The van der Waals surface area contributed by atoms with Crippen molar-refractivity contribution in [2.45, 2.75) is 20.0 Å². The molecule has 3 rings (SSSR count). The van der Waals surface area contributed by atoms with Crippen LogP contribution in [0.15, 0.2) is 42.5 Å². The summed E-state index contributed by atoms with van der Waals surface area (Å²) in [6.45, 7) is 6.57. The lowest BCUT2D eigenvalue weighted by atomic mass is 10.1. The number of ether oxygens (including phenoxy) is 1. The number of anilines is 1. The van der Waals surface area contributed by atoms with Crippen molar-refractivity contribution in [3.8, 4) is 0 Å². The van der Waals surface area contributed by atoms with Crippen molar-refractivity contribution in [1.82, 2.24) is 15.5 Å². The normalized spacial score (nSPS) is 14.3. The lowest BCUT2D eigenvalue weighted by molar-refractivity contribution is 0.0342. The minimum absolute atomic E-state index is 0.177. The summed E-state index contributed by atoms with van der Waals surface area (Å²) in [6.07, 6.45) is 0. The number of benzene rings is 2. The lowest BCUT2D eigenvalue weighted by Gasteiger charge is -2.26. The topological polar surface area (TPSA) is 82.7 Å². The average Bonchev–Trinajstić information content (AvgIpc) is 2.74. The zero-order chi connectivity index (χ0) is 20.6. The third-order valence-corrected chi connectivity index (χ3v) is 5.01. The predicted octanol–water partition coefficient (Wildman–Crippen LogP) is 2.51. The number of nitrogens with zero attached hydrogens (tertiary/aromatic N) is 1. The van der Waals surface area contributed by atoms with Crippen LogP contribution in [0, 0.1) is 6.92 Å². The number of carbonyl (C=O) groups excluding carboxylic acids is 2. The number of hydrogen-bond donors (Lipinski definition) is 3. The molecule has 0 saturated carbocycles. The molecule has 1 aliphatic heterocycles. The first kappa shape index (κ1) is 20.8. The first-order valence-corrected chi connectivity index (χ1v) is 9.81.